The van der Waals surface area contributed by atoms with Gasteiger partial charge in [0.2, 0.25) is 0 Å². The molecule has 13 heavy (non-hydrogen) atoms. The van der Waals surface area contributed by atoms with E-state index in [1.165, 1.54) is 11.3 Å². The van der Waals surface area contributed by atoms with Gasteiger partial charge in [0, 0.05) is 5.69 Å². The zero-order chi connectivity index (χ0) is 9.10. The quantitative estimate of drug-likeness (QED) is 0.745. The Bertz CT molecular complexity index is 331. The predicted octanol–water partition coefficient (Wildman–Crippen LogP) is 2.57. The fraction of sp³-hybridized carbons (Fsp3) is 0.273. The van der Waals surface area contributed by atoms with Crippen LogP contribution in [0.2, 0.25) is 0 Å². The van der Waals surface area contributed by atoms with Gasteiger partial charge in [-0.2, -0.15) is 0 Å². The fourth-order valence-corrected chi connectivity index (χ4v) is 1.47. The van der Waals surface area contributed by atoms with E-state index in [1.807, 2.05) is 19.2 Å². The van der Waals surface area contributed by atoms with Crippen LogP contribution in [0.25, 0.3) is 0 Å². The number of allylic oxidation sites excluding steroid dienone is 1. The van der Waals surface area contributed by atoms with Crippen molar-refractivity contribution in [3.8, 4) is 5.75 Å². The lowest BCUT2D eigenvalue weighted by molar-refractivity contribution is 0.340. The Morgan fingerprint density at radius 3 is 3.23 bits per heavy atom. The first-order chi connectivity index (χ1) is 6.40. The van der Waals surface area contributed by atoms with Gasteiger partial charge >= 0.3 is 0 Å². The number of nitrogens with one attached hydrogen (secondary N) is 1. The molecule has 0 saturated carbocycles. The highest BCUT2D eigenvalue weighted by molar-refractivity contribution is 5.58. The summed E-state index contributed by atoms with van der Waals surface area (Å²) in [7, 11) is 0. The molecule has 0 aromatic heterocycles. The molecule has 2 rings (SSSR count). The number of hydrogen-bond acceptors (Lipinski definition) is 2. The van der Waals surface area contributed by atoms with E-state index >= 15 is 0 Å². The van der Waals surface area contributed by atoms with Gasteiger partial charge in [-0.25, -0.2) is 0 Å². The molecule has 0 amide bonds. The molecule has 0 saturated heterocycles. The van der Waals surface area contributed by atoms with Gasteiger partial charge in [0.1, 0.15) is 5.75 Å². The number of rotatable bonds is 2. The Morgan fingerprint density at radius 1 is 1.46 bits per heavy atom. The van der Waals surface area contributed by atoms with Crippen LogP contribution < -0.4 is 10.1 Å². The maximum absolute atomic E-state index is 5.42. The summed E-state index contributed by atoms with van der Waals surface area (Å²) in [5, 5.41) is 3.20. The van der Waals surface area contributed by atoms with E-state index in [0.717, 1.165) is 18.8 Å². The molecule has 1 heterocycles. The van der Waals surface area contributed by atoms with Crippen LogP contribution in [-0.4, -0.2) is 6.61 Å². The molecule has 68 valence electrons. The Labute approximate surface area is 78.2 Å². The zero-order valence-corrected chi connectivity index (χ0v) is 7.71. The molecular formula is C11H13NO. The standard InChI is InChI=1S/C11H13NO/c1-2-13-10-5-6-11-9(8-10)4-3-7-12-11/h3,5-8,12H,2,4H2,1H3. The minimum atomic E-state index is 0.724. The van der Waals surface area contributed by atoms with Crippen LogP contribution in [-0.2, 0) is 6.42 Å². The number of ether oxygens (including phenoxy) is 1. The average molecular weight is 175 g/mol. The summed E-state index contributed by atoms with van der Waals surface area (Å²) in [5.41, 5.74) is 2.49. The van der Waals surface area contributed by atoms with Gasteiger partial charge in [0.15, 0.2) is 0 Å². The van der Waals surface area contributed by atoms with Gasteiger partial charge in [-0.05, 0) is 43.3 Å². The van der Waals surface area contributed by atoms with Crippen molar-refractivity contribution in [2.24, 2.45) is 0 Å². The fourth-order valence-electron chi connectivity index (χ4n) is 1.47. The molecule has 0 aliphatic carbocycles. The summed E-state index contributed by atoms with van der Waals surface area (Å²) in [5.74, 6) is 0.957. The van der Waals surface area contributed by atoms with Crippen LogP contribution in [0.15, 0.2) is 30.5 Å². The third kappa shape index (κ3) is 1.66. The molecule has 0 radical (unpaired) electrons. The highest BCUT2D eigenvalue weighted by Crippen LogP contribution is 2.25. The van der Waals surface area contributed by atoms with Crippen LogP contribution in [0, 0.1) is 0 Å². The van der Waals surface area contributed by atoms with E-state index in [4.69, 9.17) is 4.74 Å². The van der Waals surface area contributed by atoms with Crippen molar-refractivity contribution in [2.75, 3.05) is 11.9 Å². The Hall–Kier alpha value is -1.44. The monoisotopic (exact) mass is 175 g/mol. The minimum absolute atomic E-state index is 0.724. The Morgan fingerprint density at radius 2 is 2.38 bits per heavy atom. The molecule has 1 aliphatic rings. The maximum Gasteiger partial charge on any atom is 0.119 e. The summed E-state index contributed by atoms with van der Waals surface area (Å²) < 4.78 is 5.42. The molecule has 0 fully saturated rings. The molecule has 0 bridgehead atoms. The van der Waals surface area contributed by atoms with Gasteiger partial charge in [-0.15, -0.1) is 0 Å². The van der Waals surface area contributed by atoms with Gasteiger partial charge in [-0.1, -0.05) is 6.08 Å². The van der Waals surface area contributed by atoms with Crippen molar-refractivity contribution in [1.29, 1.82) is 0 Å². The van der Waals surface area contributed by atoms with E-state index < -0.39 is 0 Å². The van der Waals surface area contributed by atoms with Crippen molar-refractivity contribution in [3.63, 3.8) is 0 Å². The van der Waals surface area contributed by atoms with E-state index in [0.29, 0.717) is 0 Å². The minimum Gasteiger partial charge on any atom is -0.494 e. The summed E-state index contributed by atoms with van der Waals surface area (Å²) in [6.45, 7) is 2.72. The van der Waals surface area contributed by atoms with Crippen LogP contribution in [0.1, 0.15) is 12.5 Å². The zero-order valence-electron chi connectivity index (χ0n) is 7.71. The second-order valence-corrected chi connectivity index (χ2v) is 3.00. The second kappa shape index (κ2) is 3.52. The number of fused-ring (bicyclic) bond motifs is 1. The SMILES string of the molecule is CCOc1ccc2c(c1)CC=CN2. The summed E-state index contributed by atoms with van der Waals surface area (Å²) in [4.78, 5) is 0. The predicted molar refractivity (Wildman–Crippen MR) is 54.1 cm³/mol. The molecule has 0 spiro atoms. The normalized spacial score (nSPS) is 13.3. The van der Waals surface area contributed by atoms with E-state index in [-0.39, 0.29) is 0 Å². The van der Waals surface area contributed by atoms with Crippen molar-refractivity contribution in [2.45, 2.75) is 13.3 Å². The molecule has 1 aromatic rings. The summed E-state index contributed by atoms with van der Waals surface area (Å²) in [6.07, 6.45) is 5.07. The van der Waals surface area contributed by atoms with Gasteiger partial charge in [-0.3, -0.25) is 0 Å². The van der Waals surface area contributed by atoms with E-state index in [2.05, 4.69) is 23.5 Å². The topological polar surface area (TPSA) is 21.3 Å². The molecule has 0 atom stereocenters. The largest absolute Gasteiger partial charge is 0.494 e. The van der Waals surface area contributed by atoms with Gasteiger partial charge in [0.05, 0.1) is 6.61 Å². The summed E-state index contributed by atoms with van der Waals surface area (Å²) in [6, 6.07) is 6.15. The first-order valence-corrected chi connectivity index (χ1v) is 4.57. The molecular weight excluding hydrogens is 162 g/mol. The van der Waals surface area contributed by atoms with Crippen molar-refractivity contribution >= 4 is 5.69 Å². The smallest absolute Gasteiger partial charge is 0.119 e. The summed E-state index contributed by atoms with van der Waals surface area (Å²) >= 11 is 0. The third-order valence-electron chi connectivity index (χ3n) is 2.08. The highest BCUT2D eigenvalue weighted by Gasteiger charge is 2.04. The molecule has 0 unspecified atom stereocenters. The highest BCUT2D eigenvalue weighted by atomic mass is 16.5. The van der Waals surface area contributed by atoms with Crippen molar-refractivity contribution in [3.05, 3.63) is 36.0 Å². The third-order valence-corrected chi connectivity index (χ3v) is 2.08. The number of benzene rings is 1. The maximum atomic E-state index is 5.42. The second-order valence-electron chi connectivity index (χ2n) is 3.00. The number of anilines is 1. The van der Waals surface area contributed by atoms with Crippen LogP contribution in [0.4, 0.5) is 5.69 Å². The lowest BCUT2D eigenvalue weighted by Crippen LogP contribution is -2.00. The van der Waals surface area contributed by atoms with E-state index in [1.54, 1.807) is 0 Å². The van der Waals surface area contributed by atoms with Crippen LogP contribution >= 0.6 is 0 Å². The van der Waals surface area contributed by atoms with Gasteiger partial charge in [0.25, 0.3) is 0 Å². The average Bonchev–Trinajstić information content (AvgIpc) is 2.18. The molecule has 1 N–H and O–H groups in total. The van der Waals surface area contributed by atoms with Crippen LogP contribution in [0.5, 0.6) is 5.75 Å². The Kier molecular flexibility index (Phi) is 2.21. The van der Waals surface area contributed by atoms with Crippen molar-refractivity contribution < 1.29 is 4.74 Å². The molecule has 1 aromatic carbocycles. The molecule has 2 heteroatoms. The molecule has 1 aliphatic heterocycles. The number of hydrogen-bond donors (Lipinski definition) is 1. The first-order valence-electron chi connectivity index (χ1n) is 4.57. The van der Waals surface area contributed by atoms with E-state index in [9.17, 15) is 0 Å². The van der Waals surface area contributed by atoms with Crippen molar-refractivity contribution in [1.82, 2.24) is 0 Å². The Balaban J connectivity index is 2.27. The molecule has 2 nitrogen and oxygen atoms in total. The van der Waals surface area contributed by atoms with Crippen LogP contribution in [0.3, 0.4) is 0 Å². The lowest BCUT2D eigenvalue weighted by atomic mass is 10.1. The first kappa shape index (κ1) is 8.17. The van der Waals surface area contributed by atoms with Gasteiger partial charge < -0.3 is 10.1 Å². The lowest BCUT2D eigenvalue weighted by Gasteiger charge is -2.13.